The molecule has 0 aliphatic carbocycles. The molecule has 0 aliphatic rings. The SMILES string of the molecule is CCn1cc(NC(=O)c2ccc(COc3ccc(F)cc3)o2)ccc1=O. The van der Waals surface area contributed by atoms with E-state index in [0.717, 1.165) is 0 Å². The highest BCUT2D eigenvalue weighted by molar-refractivity contribution is 6.02. The van der Waals surface area contributed by atoms with Gasteiger partial charge in [-0.15, -0.1) is 0 Å². The Labute approximate surface area is 148 Å². The van der Waals surface area contributed by atoms with Gasteiger partial charge in [-0.05, 0) is 49.4 Å². The Kier molecular flexibility index (Phi) is 5.17. The number of amides is 1. The summed E-state index contributed by atoms with van der Waals surface area (Å²) in [5, 5.41) is 2.68. The zero-order valence-corrected chi connectivity index (χ0v) is 14.1. The van der Waals surface area contributed by atoms with E-state index in [9.17, 15) is 14.0 Å². The number of aromatic nitrogens is 1. The van der Waals surface area contributed by atoms with Crippen molar-refractivity contribution in [2.75, 3.05) is 5.32 Å². The van der Waals surface area contributed by atoms with Gasteiger partial charge in [-0.2, -0.15) is 0 Å². The third-order valence-electron chi connectivity index (χ3n) is 3.66. The van der Waals surface area contributed by atoms with Gasteiger partial charge in [-0.3, -0.25) is 9.59 Å². The van der Waals surface area contributed by atoms with E-state index >= 15 is 0 Å². The molecule has 3 aromatic rings. The predicted octanol–water partition coefficient (Wildman–Crippen LogP) is 3.43. The predicted molar refractivity (Wildman–Crippen MR) is 93.8 cm³/mol. The zero-order valence-electron chi connectivity index (χ0n) is 14.1. The molecule has 2 heterocycles. The molecule has 0 aliphatic heterocycles. The first kappa shape index (κ1) is 17.5. The number of halogens is 1. The molecule has 134 valence electrons. The van der Waals surface area contributed by atoms with Gasteiger partial charge in [0.05, 0.1) is 5.69 Å². The number of nitrogens with zero attached hydrogens (tertiary/aromatic N) is 1. The fraction of sp³-hybridized carbons (Fsp3) is 0.158. The molecule has 3 rings (SSSR count). The smallest absolute Gasteiger partial charge is 0.291 e. The topological polar surface area (TPSA) is 73.5 Å². The molecular formula is C19H17FN2O4. The van der Waals surface area contributed by atoms with Gasteiger partial charge < -0.3 is 19.0 Å². The number of rotatable bonds is 6. The second-order valence-electron chi connectivity index (χ2n) is 5.50. The number of pyridine rings is 1. The van der Waals surface area contributed by atoms with Crippen LogP contribution in [0, 0.1) is 5.82 Å². The lowest BCUT2D eigenvalue weighted by Crippen LogP contribution is -2.19. The highest BCUT2D eigenvalue weighted by atomic mass is 19.1. The third kappa shape index (κ3) is 4.18. The molecule has 0 spiro atoms. The summed E-state index contributed by atoms with van der Waals surface area (Å²) in [7, 11) is 0. The molecule has 26 heavy (non-hydrogen) atoms. The molecule has 1 aromatic carbocycles. The second-order valence-corrected chi connectivity index (χ2v) is 5.50. The van der Waals surface area contributed by atoms with Gasteiger partial charge in [0.25, 0.3) is 11.5 Å². The van der Waals surface area contributed by atoms with E-state index in [-0.39, 0.29) is 23.7 Å². The summed E-state index contributed by atoms with van der Waals surface area (Å²) in [6, 6.07) is 11.7. The van der Waals surface area contributed by atoms with Crippen molar-refractivity contribution in [1.82, 2.24) is 4.57 Å². The van der Waals surface area contributed by atoms with Crippen LogP contribution in [-0.4, -0.2) is 10.5 Å². The zero-order chi connectivity index (χ0) is 18.5. The van der Waals surface area contributed by atoms with Crippen LogP contribution in [0.1, 0.15) is 23.2 Å². The molecule has 7 heteroatoms. The number of anilines is 1. The van der Waals surface area contributed by atoms with Gasteiger partial charge in [0.2, 0.25) is 0 Å². The number of ether oxygens (including phenoxy) is 1. The van der Waals surface area contributed by atoms with Crippen LogP contribution < -0.4 is 15.6 Å². The third-order valence-corrected chi connectivity index (χ3v) is 3.66. The standard InChI is InChI=1S/C19H17FN2O4/c1-2-22-11-14(5-10-18(22)23)21-19(24)17-9-8-16(26-17)12-25-15-6-3-13(20)4-7-15/h3-11H,2,12H2,1H3,(H,21,24). The van der Waals surface area contributed by atoms with Gasteiger partial charge in [0.1, 0.15) is 23.9 Å². The largest absolute Gasteiger partial charge is 0.486 e. The minimum Gasteiger partial charge on any atom is -0.486 e. The maximum atomic E-state index is 12.9. The molecule has 0 bridgehead atoms. The highest BCUT2D eigenvalue weighted by Gasteiger charge is 2.12. The van der Waals surface area contributed by atoms with Crippen LogP contribution in [0.3, 0.4) is 0 Å². The molecule has 6 nitrogen and oxygen atoms in total. The summed E-state index contributed by atoms with van der Waals surface area (Å²) >= 11 is 0. The molecule has 1 N–H and O–H groups in total. The molecule has 0 radical (unpaired) electrons. The molecule has 0 atom stereocenters. The van der Waals surface area contributed by atoms with Crippen LogP contribution in [0.25, 0.3) is 0 Å². The number of benzene rings is 1. The van der Waals surface area contributed by atoms with Crippen molar-refractivity contribution in [3.05, 3.63) is 82.4 Å². The second kappa shape index (κ2) is 7.69. The van der Waals surface area contributed by atoms with Crippen LogP contribution in [0.2, 0.25) is 0 Å². The van der Waals surface area contributed by atoms with Crippen LogP contribution in [0.4, 0.5) is 10.1 Å². The van der Waals surface area contributed by atoms with Crippen molar-refractivity contribution in [2.24, 2.45) is 0 Å². The normalized spacial score (nSPS) is 10.5. The molecule has 0 fully saturated rings. The van der Waals surface area contributed by atoms with Crippen molar-refractivity contribution in [1.29, 1.82) is 0 Å². The van der Waals surface area contributed by atoms with E-state index in [1.54, 1.807) is 12.3 Å². The van der Waals surface area contributed by atoms with Gasteiger partial charge >= 0.3 is 0 Å². The van der Waals surface area contributed by atoms with Crippen LogP contribution >= 0.6 is 0 Å². The van der Waals surface area contributed by atoms with Crippen molar-refractivity contribution < 1.29 is 18.3 Å². The lowest BCUT2D eigenvalue weighted by Gasteiger charge is -2.06. The summed E-state index contributed by atoms with van der Waals surface area (Å²) in [6.45, 7) is 2.46. The van der Waals surface area contributed by atoms with Gasteiger partial charge in [0, 0.05) is 18.8 Å². The number of hydrogen-bond donors (Lipinski definition) is 1. The van der Waals surface area contributed by atoms with E-state index < -0.39 is 5.91 Å². The Morgan fingerprint density at radius 1 is 1.15 bits per heavy atom. The summed E-state index contributed by atoms with van der Waals surface area (Å²) < 4.78 is 25.3. The van der Waals surface area contributed by atoms with E-state index in [4.69, 9.17) is 9.15 Å². The Morgan fingerprint density at radius 3 is 2.65 bits per heavy atom. The fourth-order valence-corrected chi connectivity index (χ4v) is 2.31. The molecule has 2 aromatic heterocycles. The maximum absolute atomic E-state index is 12.9. The van der Waals surface area contributed by atoms with E-state index in [2.05, 4.69) is 5.32 Å². The quantitative estimate of drug-likeness (QED) is 0.734. The molecule has 0 saturated carbocycles. The Morgan fingerprint density at radius 2 is 1.92 bits per heavy atom. The van der Waals surface area contributed by atoms with Gasteiger partial charge in [-0.25, -0.2) is 4.39 Å². The molecule has 0 saturated heterocycles. The first-order chi connectivity index (χ1) is 12.5. The summed E-state index contributed by atoms with van der Waals surface area (Å²) in [4.78, 5) is 23.8. The summed E-state index contributed by atoms with van der Waals surface area (Å²) in [5.74, 6) is 0.300. The van der Waals surface area contributed by atoms with Crippen LogP contribution in [0.15, 0.2) is 63.9 Å². The Bertz CT molecular complexity index is 960. The molecule has 1 amide bonds. The number of aryl methyl sites for hydroxylation is 1. The van der Waals surface area contributed by atoms with Crippen LogP contribution in [0.5, 0.6) is 5.75 Å². The first-order valence-corrected chi connectivity index (χ1v) is 8.04. The lowest BCUT2D eigenvalue weighted by atomic mass is 10.3. The van der Waals surface area contributed by atoms with Crippen molar-refractivity contribution in [3.8, 4) is 5.75 Å². The fourth-order valence-electron chi connectivity index (χ4n) is 2.31. The Hall–Kier alpha value is -3.35. The van der Waals surface area contributed by atoms with E-state index in [0.29, 0.717) is 23.7 Å². The van der Waals surface area contributed by atoms with E-state index in [1.165, 1.54) is 47.0 Å². The first-order valence-electron chi connectivity index (χ1n) is 8.04. The summed E-state index contributed by atoms with van der Waals surface area (Å²) in [5.41, 5.74) is 0.362. The maximum Gasteiger partial charge on any atom is 0.291 e. The Balaban J connectivity index is 1.62. The van der Waals surface area contributed by atoms with Crippen LogP contribution in [-0.2, 0) is 13.2 Å². The van der Waals surface area contributed by atoms with Gasteiger partial charge in [0.15, 0.2) is 5.76 Å². The number of carbonyl (C=O) groups is 1. The minimum absolute atomic E-state index is 0.111. The van der Waals surface area contributed by atoms with Crippen molar-refractivity contribution in [3.63, 3.8) is 0 Å². The number of carbonyl (C=O) groups excluding carboxylic acids is 1. The van der Waals surface area contributed by atoms with Crippen molar-refractivity contribution >= 4 is 11.6 Å². The number of hydrogen-bond acceptors (Lipinski definition) is 4. The number of nitrogens with one attached hydrogen (secondary N) is 1. The molecule has 0 unspecified atom stereocenters. The molecular weight excluding hydrogens is 339 g/mol. The highest BCUT2D eigenvalue weighted by Crippen LogP contribution is 2.16. The minimum atomic E-state index is -0.431. The summed E-state index contributed by atoms with van der Waals surface area (Å²) in [6.07, 6.45) is 1.57. The van der Waals surface area contributed by atoms with Gasteiger partial charge in [-0.1, -0.05) is 0 Å². The average molecular weight is 356 g/mol. The van der Waals surface area contributed by atoms with Crippen molar-refractivity contribution in [2.45, 2.75) is 20.1 Å². The number of furan rings is 1. The van der Waals surface area contributed by atoms with E-state index in [1.807, 2.05) is 6.92 Å². The monoisotopic (exact) mass is 356 g/mol. The average Bonchev–Trinajstić information content (AvgIpc) is 3.12. The lowest BCUT2D eigenvalue weighted by molar-refractivity contribution is 0.0992.